The van der Waals surface area contributed by atoms with Crippen molar-refractivity contribution in [3.63, 3.8) is 0 Å². The lowest BCUT2D eigenvalue weighted by Crippen LogP contribution is -2.50. The van der Waals surface area contributed by atoms with E-state index in [1.165, 1.54) is 24.3 Å². The smallest absolute Gasteiger partial charge is 0.416 e. The van der Waals surface area contributed by atoms with Crippen molar-refractivity contribution < 1.29 is 68.9 Å². The summed E-state index contributed by atoms with van der Waals surface area (Å²) in [5.41, 5.74) is 1.29. The molecule has 0 saturated carbocycles. The molecule has 3 aliphatic heterocycles. The van der Waals surface area contributed by atoms with Gasteiger partial charge in [0.2, 0.25) is 17.7 Å². The summed E-state index contributed by atoms with van der Waals surface area (Å²) in [6, 6.07) is 39.4. The van der Waals surface area contributed by atoms with Gasteiger partial charge in [0.25, 0.3) is 5.91 Å². The first-order valence-electron chi connectivity index (χ1n) is 32.9. The van der Waals surface area contributed by atoms with Gasteiger partial charge in [-0.05, 0) is 154 Å². The minimum Gasteiger partial charge on any atom is -0.446 e. The number of hydrogen-bond donors (Lipinski definition) is 3. The molecule has 1 spiro atoms. The van der Waals surface area contributed by atoms with Gasteiger partial charge in [-0.25, -0.2) is 9.18 Å². The lowest BCUT2D eigenvalue weighted by atomic mass is 9.72. The third-order valence-electron chi connectivity index (χ3n) is 19.1. The predicted octanol–water partition coefficient (Wildman–Crippen LogP) is 13.2. The maximum atomic E-state index is 14.2. The SMILES string of the molecule is CN(CCN1CCC(OC(=O)Nc2ccccc2-c2ccccc2)CC1)C(=O)CCCCCNc1ccc(NC(=O)CCCN(C)C(=O)CO[C@H]2Cc3ccccc3C23CCN(CC[C@]2(c4ccc(F)cc4)CN(C(=O)c4cc(C(F)(F)F)cc(C(F)(F)F)c4)CO2)CC3)cc1. The maximum Gasteiger partial charge on any atom is 0.416 e. The summed E-state index contributed by atoms with van der Waals surface area (Å²) in [5.74, 6) is -1.89. The van der Waals surface area contributed by atoms with E-state index in [-0.39, 0.29) is 62.0 Å². The van der Waals surface area contributed by atoms with Gasteiger partial charge >= 0.3 is 18.4 Å². The van der Waals surface area contributed by atoms with Crippen LogP contribution in [0, 0.1) is 5.82 Å². The first-order chi connectivity index (χ1) is 46.0. The molecular weight excluding hydrogens is 1250 g/mol. The molecule has 3 N–H and O–H groups in total. The van der Waals surface area contributed by atoms with Crippen molar-refractivity contribution in [1.29, 1.82) is 0 Å². The zero-order chi connectivity index (χ0) is 68.0. The summed E-state index contributed by atoms with van der Waals surface area (Å²) >= 11 is 0. The van der Waals surface area contributed by atoms with E-state index in [4.69, 9.17) is 14.2 Å². The van der Waals surface area contributed by atoms with Crippen LogP contribution in [0.15, 0.2) is 146 Å². The van der Waals surface area contributed by atoms with Crippen LogP contribution in [0.1, 0.15) is 109 Å². The van der Waals surface area contributed by atoms with Crippen LogP contribution in [0.25, 0.3) is 11.1 Å². The molecule has 16 nitrogen and oxygen atoms in total. The molecule has 0 bridgehead atoms. The van der Waals surface area contributed by atoms with Gasteiger partial charge in [-0.1, -0.05) is 91.3 Å². The van der Waals surface area contributed by atoms with Gasteiger partial charge in [-0.2, -0.15) is 26.3 Å². The number of piperidine rings is 2. The van der Waals surface area contributed by atoms with Crippen molar-refractivity contribution in [1.82, 2.24) is 24.5 Å². The van der Waals surface area contributed by atoms with Crippen LogP contribution < -0.4 is 16.0 Å². The third kappa shape index (κ3) is 18.2. The number of nitrogens with one attached hydrogen (secondary N) is 3. The number of amides is 5. The Bertz CT molecular complexity index is 3590. The fourth-order valence-electron chi connectivity index (χ4n) is 13.5. The van der Waals surface area contributed by atoms with Crippen molar-refractivity contribution in [2.45, 2.75) is 113 Å². The van der Waals surface area contributed by atoms with E-state index in [2.05, 4.69) is 37.9 Å². The molecule has 3 heterocycles. The summed E-state index contributed by atoms with van der Waals surface area (Å²) < 4.78 is 115. The summed E-state index contributed by atoms with van der Waals surface area (Å²) in [6.45, 7) is 4.84. The first kappa shape index (κ1) is 70.4. The first-order valence-corrected chi connectivity index (χ1v) is 32.9. The molecular formula is C73H83F7N8O8. The molecule has 0 aromatic heterocycles. The highest BCUT2D eigenvalue weighted by Gasteiger charge is 2.50. The fraction of sp³-hybridized carbons (Fsp3) is 0.438. The lowest BCUT2D eigenvalue weighted by molar-refractivity contribution is -0.143. The van der Waals surface area contributed by atoms with Gasteiger partial charge in [-0.15, -0.1) is 0 Å². The molecule has 6 aromatic rings. The number of alkyl halides is 6. The van der Waals surface area contributed by atoms with E-state index in [1.807, 2.05) is 98.0 Å². The molecule has 0 unspecified atom stereocenters. The van der Waals surface area contributed by atoms with Crippen LogP contribution in [0.4, 0.5) is 52.6 Å². The number of likely N-dealkylation sites (N-methyl/N-ethyl adjacent to an activating group) is 2. The monoisotopic (exact) mass is 1330 g/mol. The van der Waals surface area contributed by atoms with Crippen LogP contribution in [0.5, 0.6) is 0 Å². The summed E-state index contributed by atoms with van der Waals surface area (Å²) in [4.78, 5) is 75.1. The Kier molecular flexibility index (Phi) is 23.2. The second-order valence-electron chi connectivity index (χ2n) is 25.6. The number of ether oxygens (including phenoxy) is 3. The zero-order valence-corrected chi connectivity index (χ0v) is 54.1. The molecule has 6 aromatic carbocycles. The molecule has 2 atom stereocenters. The van der Waals surface area contributed by atoms with Crippen LogP contribution in [-0.2, 0) is 58.4 Å². The Morgan fingerprint density at radius 1 is 0.656 bits per heavy atom. The van der Waals surface area contributed by atoms with Crippen molar-refractivity contribution in [3.05, 3.63) is 185 Å². The van der Waals surface area contributed by atoms with Crippen LogP contribution in [0.3, 0.4) is 0 Å². The normalized spacial score (nSPS) is 18.2. The predicted molar refractivity (Wildman–Crippen MR) is 351 cm³/mol. The molecule has 3 fully saturated rings. The van der Waals surface area contributed by atoms with Crippen LogP contribution in [0.2, 0.25) is 0 Å². The maximum absolute atomic E-state index is 14.2. The molecule has 96 heavy (non-hydrogen) atoms. The van der Waals surface area contributed by atoms with Crippen molar-refractivity contribution >= 4 is 46.8 Å². The number of carbonyl (C=O) groups excluding carboxylic acids is 5. The molecule has 1 aliphatic carbocycles. The number of nitrogens with zero attached hydrogens (tertiary/aromatic N) is 5. The molecule has 512 valence electrons. The fourth-order valence-corrected chi connectivity index (χ4v) is 13.5. The number of anilines is 3. The second-order valence-corrected chi connectivity index (χ2v) is 25.6. The highest BCUT2D eigenvalue weighted by molar-refractivity contribution is 5.95. The Balaban J connectivity index is 0.596. The number of hydrogen-bond acceptors (Lipinski definition) is 11. The highest BCUT2D eigenvalue weighted by atomic mass is 19.4. The number of benzene rings is 6. The number of rotatable bonds is 26. The number of unbranched alkanes of at least 4 members (excludes halogenated alkanes) is 2. The highest BCUT2D eigenvalue weighted by Crippen LogP contribution is 2.48. The Morgan fingerprint density at radius 2 is 1.30 bits per heavy atom. The second kappa shape index (κ2) is 31.7. The van der Waals surface area contributed by atoms with Gasteiger partial charge < -0.3 is 49.3 Å². The van der Waals surface area contributed by atoms with Gasteiger partial charge in [0.15, 0.2) is 0 Å². The largest absolute Gasteiger partial charge is 0.446 e. The van der Waals surface area contributed by atoms with E-state index in [1.54, 1.807) is 16.8 Å². The van der Waals surface area contributed by atoms with Gasteiger partial charge in [0.1, 0.15) is 30.9 Å². The molecule has 10 rings (SSSR count). The molecule has 4 aliphatic rings. The Hall–Kier alpha value is -8.38. The number of halogens is 7. The zero-order valence-electron chi connectivity index (χ0n) is 54.1. The average molecular weight is 1330 g/mol. The Morgan fingerprint density at radius 3 is 2.01 bits per heavy atom. The quantitative estimate of drug-likeness (QED) is 0.0350. The van der Waals surface area contributed by atoms with Crippen LogP contribution >= 0.6 is 0 Å². The molecule has 5 amide bonds. The van der Waals surface area contributed by atoms with E-state index in [0.29, 0.717) is 93.9 Å². The topological polar surface area (TPSA) is 165 Å². The average Bonchev–Trinajstić information content (AvgIpc) is 1.59. The summed E-state index contributed by atoms with van der Waals surface area (Å²) in [6.07, 6.45) is -3.94. The number of para-hydroxylation sites is 1. The van der Waals surface area contributed by atoms with Crippen molar-refractivity contribution in [3.8, 4) is 11.1 Å². The van der Waals surface area contributed by atoms with E-state index < -0.39 is 64.6 Å². The van der Waals surface area contributed by atoms with E-state index >= 15 is 0 Å². The molecule has 23 heteroatoms. The van der Waals surface area contributed by atoms with Crippen molar-refractivity contribution in [2.75, 3.05) is 109 Å². The number of fused-ring (bicyclic) bond motifs is 2. The summed E-state index contributed by atoms with van der Waals surface area (Å²) in [7, 11) is 3.53. The molecule has 3 saturated heterocycles. The molecule has 0 radical (unpaired) electrons. The van der Waals surface area contributed by atoms with Gasteiger partial charge in [0.05, 0.1) is 29.5 Å². The number of carbonyl (C=O) groups is 5. The lowest BCUT2D eigenvalue weighted by Gasteiger charge is -2.44. The van der Waals surface area contributed by atoms with Gasteiger partial charge in [-0.3, -0.25) is 24.5 Å². The minimum absolute atomic E-state index is 0.0300. The van der Waals surface area contributed by atoms with Crippen LogP contribution in [-0.4, -0.2) is 159 Å². The standard InChI is InChI=1S/C73H83F7N8O8/c1-84(36-13-20-65(89)82-59-28-26-58(27-29-59)81-35-12-4-7-21-66(90)85(2)42-43-86-37-30-60(31-38-86)96-69(93)83-63-19-11-9-17-61(63)51-14-5-3-6-15-51)67(91)48-94-64-46-52-16-8-10-18-62(52)70(64)32-39-87(40-33-70)41-34-71(54-22-24-57(74)25-23-54)49-88(50-95-71)68(92)53-44-55(72(75,76)77)47-56(45-53)73(78,79)80/h3,5-6,8-11,14-19,22-29,44-45,47,60,64,81H,4,7,12-13,20-21,30-43,46,48-50H2,1-2H3,(H,82,89)(H,83,93)/t64-,71+/m0/s1. The third-order valence-corrected chi connectivity index (χ3v) is 19.1. The van der Waals surface area contributed by atoms with Crippen molar-refractivity contribution in [2.24, 2.45) is 0 Å². The summed E-state index contributed by atoms with van der Waals surface area (Å²) in [5, 5.41) is 9.28. The van der Waals surface area contributed by atoms with E-state index in [9.17, 15) is 54.7 Å². The minimum atomic E-state index is -5.15. The number of likely N-dealkylation sites (tertiary alicyclic amines) is 2. The van der Waals surface area contributed by atoms with E-state index in [0.717, 1.165) is 91.1 Å². The van der Waals surface area contributed by atoms with Gasteiger partial charge in [0, 0.05) is 101 Å². The Labute approximate surface area is 555 Å².